The van der Waals surface area contributed by atoms with Gasteiger partial charge in [0.25, 0.3) is 11.8 Å². The highest BCUT2D eigenvalue weighted by Gasteiger charge is 2.28. The van der Waals surface area contributed by atoms with Gasteiger partial charge in [0.1, 0.15) is 0 Å². The fourth-order valence-corrected chi connectivity index (χ4v) is 3.87. The number of carbonyl (C=O) groups excluding carboxylic acids is 1. The van der Waals surface area contributed by atoms with Gasteiger partial charge in [0.15, 0.2) is 0 Å². The summed E-state index contributed by atoms with van der Waals surface area (Å²) in [5.74, 6) is 2.22. The molecule has 0 aliphatic heterocycles. The largest absolute Gasteiger partial charge is 0.395 e. The zero-order chi connectivity index (χ0) is 22.0. The molecule has 0 fully saturated rings. The van der Waals surface area contributed by atoms with Crippen LogP contribution >= 0.6 is 10.7 Å². The fraction of sp³-hybridized carbons (Fsp3) is 0.304. The first-order valence-corrected chi connectivity index (χ1v) is 11.0. The van der Waals surface area contributed by atoms with Gasteiger partial charge in [-0.15, -0.1) is 10.7 Å². The number of hydrogen-bond donors (Lipinski definition) is 3. The molecule has 4 nitrogen and oxygen atoms in total. The number of nitrogens with one attached hydrogen (secondary N) is 2. The van der Waals surface area contributed by atoms with Crippen LogP contribution in [0.5, 0.6) is 0 Å². The Morgan fingerprint density at radius 3 is 2.57 bits per heavy atom. The lowest BCUT2D eigenvalue weighted by molar-refractivity contribution is -0.115. The molecule has 7 heteroatoms. The normalized spacial score (nSPS) is 12.2. The molecular weight excluding hydrogens is 406 g/mol. The van der Waals surface area contributed by atoms with Crippen LogP contribution < -0.4 is 10.0 Å². The van der Waals surface area contributed by atoms with Crippen molar-refractivity contribution >= 4 is 21.9 Å². The molecule has 1 unspecified atom stereocenters. The van der Waals surface area contributed by atoms with Crippen LogP contribution in [0.25, 0.3) is 11.1 Å². The van der Waals surface area contributed by atoms with Crippen LogP contribution in [0.1, 0.15) is 25.0 Å². The van der Waals surface area contributed by atoms with E-state index in [4.69, 9.17) is 5.11 Å². The van der Waals surface area contributed by atoms with Crippen molar-refractivity contribution in [2.24, 2.45) is 0 Å². The van der Waals surface area contributed by atoms with Crippen LogP contribution in [0.15, 0.2) is 48.5 Å². The van der Waals surface area contributed by atoms with Gasteiger partial charge in [-0.25, -0.2) is 8.78 Å². The number of aliphatic hydroxyl groups excluding tert-OH is 1. The van der Waals surface area contributed by atoms with E-state index in [1.54, 1.807) is 36.4 Å². The molecule has 0 aromatic heterocycles. The Kier molecular flexibility index (Phi) is 9.18. The third-order valence-electron chi connectivity index (χ3n) is 4.19. The predicted octanol–water partition coefficient (Wildman–Crippen LogP) is 3.52. The molecule has 2 aromatic carbocycles. The lowest BCUT2D eigenvalue weighted by atomic mass is 9.94. The molecule has 0 aliphatic carbocycles. The molecule has 1 amide bonds. The lowest BCUT2D eigenvalue weighted by Crippen LogP contribution is -2.29. The van der Waals surface area contributed by atoms with Crippen molar-refractivity contribution in [2.75, 3.05) is 25.4 Å². The van der Waals surface area contributed by atoms with Crippen molar-refractivity contribution in [1.82, 2.24) is 10.0 Å². The standard InChI is InChI=1S/C23H26F2N2O2S/c1-3-30(16-15-28)27-14-13-26-22(29)12-10-18-9-11-20(19-7-5-4-6-8-19)21(17-18)23(2,24)25/h3-9,11,17,27-28H,13-16H2,1-2H3,(H,26,29). The number of rotatable bonds is 8. The smallest absolute Gasteiger partial charge is 0.296 e. The molecule has 0 bridgehead atoms. The van der Waals surface area contributed by atoms with Gasteiger partial charge in [-0.1, -0.05) is 47.7 Å². The molecule has 1 atom stereocenters. The van der Waals surface area contributed by atoms with E-state index in [9.17, 15) is 13.6 Å². The van der Waals surface area contributed by atoms with Gasteiger partial charge in [0.05, 0.1) is 6.61 Å². The maximum Gasteiger partial charge on any atom is 0.296 e. The predicted molar refractivity (Wildman–Crippen MR) is 121 cm³/mol. The summed E-state index contributed by atoms with van der Waals surface area (Å²) in [7, 11) is -0.192. The summed E-state index contributed by atoms with van der Waals surface area (Å²) in [5, 5.41) is 13.6. The number of hydrogen-bond acceptors (Lipinski definition) is 3. The second kappa shape index (κ2) is 11.6. The highest BCUT2D eigenvalue weighted by molar-refractivity contribution is 8.13. The number of alkyl halides is 2. The molecule has 0 saturated carbocycles. The van der Waals surface area contributed by atoms with Gasteiger partial charge in [-0.2, -0.15) is 0 Å². The number of aliphatic hydroxyl groups is 1. The molecule has 0 spiro atoms. The molecule has 2 aromatic rings. The quantitative estimate of drug-likeness (QED) is 0.340. The maximum atomic E-state index is 14.2. The number of amides is 1. The van der Waals surface area contributed by atoms with E-state index >= 15 is 0 Å². The Bertz CT molecular complexity index is 945. The maximum absolute atomic E-state index is 14.2. The van der Waals surface area contributed by atoms with Crippen LogP contribution in [0.2, 0.25) is 0 Å². The molecule has 0 radical (unpaired) electrons. The molecule has 0 aliphatic rings. The van der Waals surface area contributed by atoms with Crippen LogP contribution in [-0.4, -0.2) is 41.8 Å². The zero-order valence-corrected chi connectivity index (χ0v) is 17.9. The second-order valence-electron chi connectivity index (χ2n) is 6.51. The lowest BCUT2D eigenvalue weighted by Gasteiger charge is -2.16. The van der Waals surface area contributed by atoms with Crippen LogP contribution in [0, 0.1) is 11.8 Å². The molecule has 30 heavy (non-hydrogen) atoms. The summed E-state index contributed by atoms with van der Waals surface area (Å²) < 4.78 is 31.6. The van der Waals surface area contributed by atoms with Gasteiger partial charge in [0, 0.05) is 42.8 Å². The molecule has 0 heterocycles. The second-order valence-corrected chi connectivity index (χ2v) is 8.53. The van der Waals surface area contributed by atoms with Gasteiger partial charge in [-0.05, 0) is 30.2 Å². The van der Waals surface area contributed by atoms with Crippen molar-refractivity contribution in [1.29, 1.82) is 0 Å². The van der Waals surface area contributed by atoms with Crippen molar-refractivity contribution < 1.29 is 18.7 Å². The molecule has 160 valence electrons. The average Bonchev–Trinajstić information content (AvgIpc) is 2.74. The summed E-state index contributed by atoms with van der Waals surface area (Å²) >= 11 is 0. The first-order chi connectivity index (χ1) is 14.3. The summed E-state index contributed by atoms with van der Waals surface area (Å²) in [6, 6.07) is 13.6. The van der Waals surface area contributed by atoms with Crippen LogP contribution in [0.3, 0.4) is 0 Å². The number of benzene rings is 2. The third-order valence-corrected chi connectivity index (χ3v) is 5.96. The first kappa shape index (κ1) is 23.7. The van der Waals surface area contributed by atoms with Gasteiger partial charge in [0.2, 0.25) is 0 Å². The summed E-state index contributed by atoms with van der Waals surface area (Å²) in [6.07, 6.45) is 0. The van der Waals surface area contributed by atoms with Crippen molar-refractivity contribution in [2.45, 2.75) is 19.8 Å². The Balaban J connectivity index is 2.05. The van der Waals surface area contributed by atoms with Crippen molar-refractivity contribution in [3.63, 3.8) is 0 Å². The minimum Gasteiger partial charge on any atom is -0.395 e. The summed E-state index contributed by atoms with van der Waals surface area (Å²) in [6.45, 7) is 3.78. The Morgan fingerprint density at radius 2 is 1.93 bits per heavy atom. The van der Waals surface area contributed by atoms with E-state index in [1.807, 2.05) is 18.4 Å². The van der Waals surface area contributed by atoms with E-state index < -0.39 is 11.8 Å². The van der Waals surface area contributed by atoms with Crippen molar-refractivity contribution in [3.8, 4) is 23.0 Å². The van der Waals surface area contributed by atoms with Gasteiger partial charge in [-0.3, -0.25) is 9.52 Å². The minimum atomic E-state index is -3.04. The third kappa shape index (κ3) is 7.38. The van der Waals surface area contributed by atoms with E-state index in [1.165, 1.54) is 6.07 Å². The Labute approximate surface area is 178 Å². The topological polar surface area (TPSA) is 61.4 Å². The van der Waals surface area contributed by atoms with Crippen LogP contribution in [-0.2, 0) is 10.7 Å². The van der Waals surface area contributed by atoms with Gasteiger partial charge < -0.3 is 10.4 Å². The number of carbonyl (C=O) groups is 1. The zero-order valence-electron chi connectivity index (χ0n) is 17.0. The Hall–Kier alpha value is -2.53. The van der Waals surface area contributed by atoms with Crippen molar-refractivity contribution in [3.05, 3.63) is 59.7 Å². The average molecular weight is 433 g/mol. The molecule has 2 rings (SSSR count). The molecule has 3 N–H and O–H groups in total. The highest BCUT2D eigenvalue weighted by Crippen LogP contribution is 2.36. The van der Waals surface area contributed by atoms with E-state index in [0.29, 0.717) is 35.5 Å². The monoisotopic (exact) mass is 432 g/mol. The highest BCUT2D eigenvalue weighted by atomic mass is 32.2. The number of halogens is 2. The van der Waals surface area contributed by atoms with E-state index in [0.717, 1.165) is 6.92 Å². The SMILES string of the molecule is CC=S(CCO)NCCNC(=O)C#Cc1ccc(-c2ccccc2)c(C(C)(F)F)c1. The van der Waals surface area contributed by atoms with E-state index in [-0.39, 0.29) is 22.8 Å². The Morgan fingerprint density at radius 1 is 1.20 bits per heavy atom. The summed E-state index contributed by atoms with van der Waals surface area (Å²) in [5.41, 5.74) is 1.36. The van der Waals surface area contributed by atoms with E-state index in [2.05, 4.69) is 21.9 Å². The summed E-state index contributed by atoms with van der Waals surface area (Å²) in [4.78, 5) is 11.9. The molecule has 0 saturated heterocycles. The first-order valence-electron chi connectivity index (χ1n) is 9.56. The minimum absolute atomic E-state index is 0.0974. The van der Waals surface area contributed by atoms with Crippen LogP contribution in [0.4, 0.5) is 8.78 Å². The van der Waals surface area contributed by atoms with Gasteiger partial charge >= 0.3 is 0 Å². The fourth-order valence-electron chi connectivity index (χ4n) is 2.76. The molecular formula is C23H26F2N2O2S.